The van der Waals surface area contributed by atoms with Gasteiger partial charge in [0.05, 0.1) is 10.7 Å². The first-order valence-electron chi connectivity index (χ1n) is 2.59. The lowest BCUT2D eigenvalue weighted by molar-refractivity contribution is 0.406. The van der Waals surface area contributed by atoms with Crippen molar-refractivity contribution in [2.45, 2.75) is 0 Å². The molecular weight excluding hydrogens is 356 g/mol. The van der Waals surface area contributed by atoms with Crippen molar-refractivity contribution in [3.63, 3.8) is 0 Å². The lowest BCUT2D eigenvalue weighted by Gasteiger charge is -2.02. The molecule has 0 radical (unpaired) electrons. The Kier molecular flexibility index (Phi) is 3.15. The van der Waals surface area contributed by atoms with Crippen molar-refractivity contribution in [2.75, 3.05) is 7.11 Å². The number of rotatable bonds is 1. The molecule has 0 amide bonds. The minimum atomic E-state index is 0.865. The summed E-state index contributed by atoms with van der Waals surface area (Å²) in [5, 5.41) is 0. The molecule has 0 unspecified atom stereocenters. The third-order valence-electron chi connectivity index (χ3n) is 1.02. The first-order valence-corrected chi connectivity index (χ1v) is 4.75. The summed E-state index contributed by atoms with van der Waals surface area (Å²) in [4.78, 5) is 4.07. The Labute approximate surface area is 86.7 Å². The maximum absolute atomic E-state index is 5.10. The number of methoxy groups -OCH3 is 1. The fourth-order valence-corrected chi connectivity index (χ4v) is 2.41. The fraction of sp³-hybridized carbons (Fsp3) is 0.167. The van der Waals surface area contributed by atoms with Crippen LogP contribution >= 0.6 is 45.2 Å². The van der Waals surface area contributed by atoms with Crippen molar-refractivity contribution < 1.29 is 4.74 Å². The van der Waals surface area contributed by atoms with E-state index in [1.807, 2.05) is 6.07 Å². The van der Waals surface area contributed by atoms with Crippen LogP contribution in [0, 0.1) is 7.27 Å². The molecule has 1 heterocycles. The number of pyridine rings is 1. The molecule has 0 spiro atoms. The van der Waals surface area contributed by atoms with E-state index in [-0.39, 0.29) is 0 Å². The maximum atomic E-state index is 5.10. The SMILES string of the molecule is COc1c(I)ccnc1I. The molecule has 0 atom stereocenters. The van der Waals surface area contributed by atoms with E-state index >= 15 is 0 Å². The molecule has 4 heteroatoms. The second kappa shape index (κ2) is 3.70. The second-order valence-corrected chi connectivity index (χ2v) is 3.80. The van der Waals surface area contributed by atoms with Gasteiger partial charge in [-0.25, -0.2) is 4.98 Å². The highest BCUT2D eigenvalue weighted by Gasteiger charge is 2.03. The standard InChI is InChI=1S/C6H5I2NO/c1-10-5-4(7)2-3-9-6(5)8/h2-3H,1H3. The normalized spacial score (nSPS) is 9.50. The molecule has 1 aromatic heterocycles. The van der Waals surface area contributed by atoms with Crippen LogP contribution in [0.5, 0.6) is 5.75 Å². The first kappa shape index (κ1) is 8.51. The van der Waals surface area contributed by atoms with Gasteiger partial charge in [0, 0.05) is 6.20 Å². The highest BCUT2D eigenvalue weighted by atomic mass is 127. The molecule has 0 bridgehead atoms. The molecule has 0 saturated carbocycles. The van der Waals surface area contributed by atoms with Crippen LogP contribution in [-0.4, -0.2) is 12.1 Å². The van der Waals surface area contributed by atoms with Gasteiger partial charge in [0.1, 0.15) is 3.70 Å². The van der Waals surface area contributed by atoms with E-state index in [1.54, 1.807) is 13.3 Å². The Bertz CT molecular complexity index is 219. The second-order valence-electron chi connectivity index (χ2n) is 1.62. The van der Waals surface area contributed by atoms with Crippen molar-refractivity contribution in [1.29, 1.82) is 0 Å². The smallest absolute Gasteiger partial charge is 0.164 e. The number of hydrogen-bond acceptors (Lipinski definition) is 2. The Balaban J connectivity index is 3.17. The highest BCUT2D eigenvalue weighted by Crippen LogP contribution is 2.23. The molecule has 2 nitrogen and oxygen atoms in total. The number of ether oxygens (including phenoxy) is 1. The molecule has 1 rings (SSSR count). The van der Waals surface area contributed by atoms with E-state index in [2.05, 4.69) is 50.2 Å². The topological polar surface area (TPSA) is 22.1 Å². The first-order chi connectivity index (χ1) is 4.75. The Morgan fingerprint density at radius 1 is 1.50 bits per heavy atom. The van der Waals surface area contributed by atoms with Gasteiger partial charge < -0.3 is 4.74 Å². The summed E-state index contributed by atoms with van der Waals surface area (Å²) in [7, 11) is 1.65. The van der Waals surface area contributed by atoms with Crippen LogP contribution in [0.15, 0.2) is 12.3 Å². The largest absolute Gasteiger partial charge is 0.493 e. The van der Waals surface area contributed by atoms with Gasteiger partial charge in [-0.2, -0.15) is 0 Å². The molecule has 0 aliphatic rings. The molecule has 10 heavy (non-hydrogen) atoms. The van der Waals surface area contributed by atoms with E-state index in [0.29, 0.717) is 0 Å². The Morgan fingerprint density at radius 3 is 2.60 bits per heavy atom. The zero-order valence-corrected chi connectivity index (χ0v) is 9.58. The van der Waals surface area contributed by atoms with Crippen LogP contribution < -0.4 is 4.74 Å². The van der Waals surface area contributed by atoms with Gasteiger partial charge in [-0.15, -0.1) is 0 Å². The summed E-state index contributed by atoms with van der Waals surface area (Å²) in [6.07, 6.45) is 1.77. The molecule has 1 aromatic rings. The summed E-state index contributed by atoms with van der Waals surface area (Å²) in [6.45, 7) is 0. The summed E-state index contributed by atoms with van der Waals surface area (Å²) in [5.41, 5.74) is 0. The predicted octanol–water partition coefficient (Wildman–Crippen LogP) is 2.30. The van der Waals surface area contributed by atoms with Crippen LogP contribution in [0.25, 0.3) is 0 Å². The summed E-state index contributed by atoms with van der Waals surface area (Å²) in [6, 6.07) is 1.92. The fourth-order valence-electron chi connectivity index (χ4n) is 0.583. The van der Waals surface area contributed by atoms with E-state index in [4.69, 9.17) is 4.74 Å². The van der Waals surface area contributed by atoms with E-state index in [9.17, 15) is 0 Å². The maximum Gasteiger partial charge on any atom is 0.164 e. The zero-order valence-electron chi connectivity index (χ0n) is 5.27. The minimum Gasteiger partial charge on any atom is -0.493 e. The Morgan fingerprint density at radius 2 is 2.20 bits per heavy atom. The monoisotopic (exact) mass is 361 g/mol. The average molecular weight is 361 g/mol. The van der Waals surface area contributed by atoms with Crippen LogP contribution in [-0.2, 0) is 0 Å². The van der Waals surface area contributed by atoms with Gasteiger partial charge in [0.25, 0.3) is 0 Å². The van der Waals surface area contributed by atoms with E-state index in [1.165, 1.54) is 0 Å². The lowest BCUT2D eigenvalue weighted by Crippen LogP contribution is -1.91. The van der Waals surface area contributed by atoms with Crippen LogP contribution in [0.1, 0.15) is 0 Å². The summed E-state index contributed by atoms with van der Waals surface area (Å²) in [5.74, 6) is 0.865. The molecule has 0 saturated heterocycles. The van der Waals surface area contributed by atoms with Gasteiger partial charge in [0.2, 0.25) is 0 Å². The number of nitrogens with zero attached hydrogens (tertiary/aromatic N) is 1. The molecule has 0 fully saturated rings. The third kappa shape index (κ3) is 1.71. The predicted molar refractivity (Wildman–Crippen MR) is 56.2 cm³/mol. The van der Waals surface area contributed by atoms with Crippen molar-refractivity contribution in [3.05, 3.63) is 19.5 Å². The van der Waals surface area contributed by atoms with Gasteiger partial charge in [-0.1, -0.05) is 0 Å². The van der Waals surface area contributed by atoms with Gasteiger partial charge >= 0.3 is 0 Å². The molecule has 0 aromatic carbocycles. The zero-order chi connectivity index (χ0) is 7.56. The minimum absolute atomic E-state index is 0.865. The Hall–Kier alpha value is 0.410. The molecule has 54 valence electrons. The van der Waals surface area contributed by atoms with Crippen molar-refractivity contribution in [3.8, 4) is 5.75 Å². The van der Waals surface area contributed by atoms with Crippen LogP contribution in [0.2, 0.25) is 0 Å². The van der Waals surface area contributed by atoms with Crippen LogP contribution in [0.3, 0.4) is 0 Å². The molecule has 0 aliphatic carbocycles. The van der Waals surface area contributed by atoms with Gasteiger partial charge in [-0.05, 0) is 51.2 Å². The third-order valence-corrected chi connectivity index (χ3v) is 2.64. The van der Waals surface area contributed by atoms with Crippen molar-refractivity contribution >= 4 is 45.2 Å². The average Bonchev–Trinajstić information content (AvgIpc) is 1.88. The molecular formula is C6H5I2NO. The van der Waals surface area contributed by atoms with E-state index in [0.717, 1.165) is 13.0 Å². The van der Waals surface area contributed by atoms with Crippen molar-refractivity contribution in [1.82, 2.24) is 4.98 Å². The summed E-state index contributed by atoms with van der Waals surface area (Å²) >= 11 is 4.36. The number of aromatic nitrogens is 1. The number of hydrogen-bond donors (Lipinski definition) is 0. The summed E-state index contributed by atoms with van der Waals surface area (Å²) < 4.78 is 7.10. The number of halogens is 2. The highest BCUT2D eigenvalue weighted by molar-refractivity contribution is 14.1. The molecule has 0 aliphatic heterocycles. The lowest BCUT2D eigenvalue weighted by atomic mass is 10.5. The van der Waals surface area contributed by atoms with Crippen molar-refractivity contribution in [2.24, 2.45) is 0 Å². The van der Waals surface area contributed by atoms with Gasteiger partial charge in [-0.3, -0.25) is 0 Å². The van der Waals surface area contributed by atoms with Gasteiger partial charge in [0.15, 0.2) is 5.75 Å². The van der Waals surface area contributed by atoms with Crippen LogP contribution in [0.4, 0.5) is 0 Å². The van der Waals surface area contributed by atoms with E-state index < -0.39 is 0 Å². The molecule has 0 N–H and O–H groups in total. The quantitative estimate of drug-likeness (QED) is 0.566.